The fourth-order valence-corrected chi connectivity index (χ4v) is 2.88. The SMILES string of the molecule is CCCCC1CC(NC)CN(CC(C)C)C1. The summed E-state index contributed by atoms with van der Waals surface area (Å²) in [5.74, 6) is 1.72. The van der Waals surface area contributed by atoms with Crippen LogP contribution in [-0.2, 0) is 0 Å². The molecule has 0 bridgehead atoms. The molecular formula is C14H30N2. The molecule has 16 heavy (non-hydrogen) atoms. The first-order chi connectivity index (χ1) is 7.65. The molecule has 2 unspecified atom stereocenters. The largest absolute Gasteiger partial charge is 0.316 e. The number of likely N-dealkylation sites (tertiary alicyclic amines) is 1. The first-order valence-electron chi connectivity index (χ1n) is 7.05. The van der Waals surface area contributed by atoms with Gasteiger partial charge in [-0.1, -0.05) is 33.6 Å². The predicted molar refractivity (Wildman–Crippen MR) is 71.8 cm³/mol. The van der Waals surface area contributed by atoms with Gasteiger partial charge in [0, 0.05) is 25.7 Å². The van der Waals surface area contributed by atoms with Crippen molar-refractivity contribution in [3.63, 3.8) is 0 Å². The van der Waals surface area contributed by atoms with Gasteiger partial charge in [0.2, 0.25) is 0 Å². The molecule has 1 aliphatic rings. The van der Waals surface area contributed by atoms with Crippen LogP contribution in [0.4, 0.5) is 0 Å². The lowest BCUT2D eigenvalue weighted by Gasteiger charge is -2.38. The molecule has 0 amide bonds. The van der Waals surface area contributed by atoms with Crippen LogP contribution in [0.25, 0.3) is 0 Å². The number of hydrogen-bond donors (Lipinski definition) is 1. The molecule has 1 fully saturated rings. The molecule has 96 valence electrons. The topological polar surface area (TPSA) is 15.3 Å². The summed E-state index contributed by atoms with van der Waals surface area (Å²) in [6.45, 7) is 10.8. The number of hydrogen-bond acceptors (Lipinski definition) is 2. The molecule has 0 aromatic rings. The number of rotatable bonds is 6. The van der Waals surface area contributed by atoms with Crippen LogP contribution in [0.2, 0.25) is 0 Å². The molecule has 1 N–H and O–H groups in total. The van der Waals surface area contributed by atoms with Crippen LogP contribution in [0.1, 0.15) is 46.5 Å². The molecule has 0 aliphatic carbocycles. The van der Waals surface area contributed by atoms with Crippen molar-refractivity contribution in [3.8, 4) is 0 Å². The molecule has 1 saturated heterocycles. The van der Waals surface area contributed by atoms with E-state index < -0.39 is 0 Å². The highest BCUT2D eigenvalue weighted by Gasteiger charge is 2.25. The fourth-order valence-electron chi connectivity index (χ4n) is 2.88. The summed E-state index contributed by atoms with van der Waals surface area (Å²) >= 11 is 0. The van der Waals surface area contributed by atoms with E-state index in [9.17, 15) is 0 Å². The molecule has 1 rings (SSSR count). The highest BCUT2D eigenvalue weighted by atomic mass is 15.2. The van der Waals surface area contributed by atoms with E-state index in [2.05, 4.69) is 38.0 Å². The van der Waals surface area contributed by atoms with Crippen molar-refractivity contribution in [2.75, 3.05) is 26.7 Å². The molecular weight excluding hydrogens is 196 g/mol. The maximum atomic E-state index is 3.47. The van der Waals surface area contributed by atoms with Crippen molar-refractivity contribution >= 4 is 0 Å². The second-order valence-corrected chi connectivity index (χ2v) is 5.84. The first kappa shape index (κ1) is 14.0. The number of piperidine rings is 1. The third-order valence-corrected chi connectivity index (χ3v) is 3.61. The number of unbranched alkanes of at least 4 members (excludes halogenated alkanes) is 1. The highest BCUT2D eigenvalue weighted by Crippen LogP contribution is 2.22. The van der Waals surface area contributed by atoms with E-state index in [-0.39, 0.29) is 0 Å². The molecule has 2 nitrogen and oxygen atoms in total. The maximum absolute atomic E-state index is 3.47. The van der Waals surface area contributed by atoms with Crippen molar-refractivity contribution in [1.29, 1.82) is 0 Å². The standard InChI is InChI=1S/C14H30N2/c1-5-6-7-13-8-14(15-4)11-16(10-13)9-12(2)3/h12-15H,5-11H2,1-4H3. The zero-order valence-corrected chi connectivity index (χ0v) is 11.6. The van der Waals surface area contributed by atoms with Gasteiger partial charge in [-0.15, -0.1) is 0 Å². The van der Waals surface area contributed by atoms with Crippen molar-refractivity contribution < 1.29 is 0 Å². The summed E-state index contributed by atoms with van der Waals surface area (Å²) in [5, 5.41) is 3.47. The van der Waals surface area contributed by atoms with Crippen molar-refractivity contribution in [1.82, 2.24) is 10.2 Å². The summed E-state index contributed by atoms with van der Waals surface area (Å²) < 4.78 is 0. The Bertz CT molecular complexity index is 180. The van der Waals surface area contributed by atoms with E-state index in [1.165, 1.54) is 45.3 Å². The second kappa shape index (κ2) is 7.29. The minimum atomic E-state index is 0.717. The number of nitrogens with one attached hydrogen (secondary N) is 1. The zero-order chi connectivity index (χ0) is 12.0. The van der Waals surface area contributed by atoms with E-state index in [1.54, 1.807) is 0 Å². The van der Waals surface area contributed by atoms with Gasteiger partial charge in [-0.25, -0.2) is 0 Å². The Morgan fingerprint density at radius 3 is 2.62 bits per heavy atom. The van der Waals surface area contributed by atoms with E-state index >= 15 is 0 Å². The Balaban J connectivity index is 2.40. The molecule has 2 heteroatoms. The fraction of sp³-hybridized carbons (Fsp3) is 1.00. The number of likely N-dealkylation sites (N-methyl/N-ethyl adjacent to an activating group) is 1. The Morgan fingerprint density at radius 1 is 1.31 bits per heavy atom. The predicted octanol–water partition coefficient (Wildman–Crippen LogP) is 2.74. The van der Waals surface area contributed by atoms with E-state index in [0.29, 0.717) is 6.04 Å². The Morgan fingerprint density at radius 2 is 2.06 bits per heavy atom. The Labute approximate surface area is 102 Å². The van der Waals surface area contributed by atoms with Gasteiger partial charge in [0.05, 0.1) is 0 Å². The molecule has 2 atom stereocenters. The maximum Gasteiger partial charge on any atom is 0.0195 e. The lowest BCUT2D eigenvalue weighted by atomic mass is 9.89. The van der Waals surface area contributed by atoms with E-state index in [4.69, 9.17) is 0 Å². The van der Waals surface area contributed by atoms with Gasteiger partial charge < -0.3 is 10.2 Å². The summed E-state index contributed by atoms with van der Waals surface area (Å²) in [4.78, 5) is 2.66. The summed E-state index contributed by atoms with van der Waals surface area (Å²) in [5.41, 5.74) is 0. The average molecular weight is 226 g/mol. The minimum Gasteiger partial charge on any atom is -0.316 e. The number of nitrogens with zero attached hydrogens (tertiary/aromatic N) is 1. The van der Waals surface area contributed by atoms with Gasteiger partial charge >= 0.3 is 0 Å². The van der Waals surface area contributed by atoms with E-state index in [1.807, 2.05) is 0 Å². The minimum absolute atomic E-state index is 0.717. The van der Waals surface area contributed by atoms with Crippen LogP contribution >= 0.6 is 0 Å². The van der Waals surface area contributed by atoms with Crippen LogP contribution in [-0.4, -0.2) is 37.6 Å². The van der Waals surface area contributed by atoms with Crippen molar-refractivity contribution in [3.05, 3.63) is 0 Å². The monoisotopic (exact) mass is 226 g/mol. The lowest BCUT2D eigenvalue weighted by molar-refractivity contribution is 0.125. The summed E-state index contributed by atoms with van der Waals surface area (Å²) in [7, 11) is 2.11. The van der Waals surface area contributed by atoms with Crippen LogP contribution in [0.15, 0.2) is 0 Å². The van der Waals surface area contributed by atoms with Crippen LogP contribution < -0.4 is 5.32 Å². The van der Waals surface area contributed by atoms with Gasteiger partial charge in [0.15, 0.2) is 0 Å². The van der Waals surface area contributed by atoms with Crippen molar-refractivity contribution in [2.45, 2.75) is 52.5 Å². The lowest BCUT2D eigenvalue weighted by Crippen LogP contribution is -2.49. The zero-order valence-electron chi connectivity index (χ0n) is 11.6. The molecule has 0 saturated carbocycles. The van der Waals surface area contributed by atoms with Gasteiger partial charge in [0.25, 0.3) is 0 Å². The van der Waals surface area contributed by atoms with E-state index in [0.717, 1.165) is 11.8 Å². The summed E-state index contributed by atoms with van der Waals surface area (Å²) in [6, 6.07) is 0.717. The molecule has 0 aromatic heterocycles. The van der Waals surface area contributed by atoms with Gasteiger partial charge in [-0.05, 0) is 31.7 Å². The Kier molecular flexibility index (Phi) is 6.37. The molecule has 0 spiro atoms. The quantitative estimate of drug-likeness (QED) is 0.749. The molecule has 0 aromatic carbocycles. The van der Waals surface area contributed by atoms with Gasteiger partial charge in [-0.2, -0.15) is 0 Å². The normalized spacial score (nSPS) is 27.6. The average Bonchev–Trinajstić information content (AvgIpc) is 2.25. The smallest absolute Gasteiger partial charge is 0.0195 e. The second-order valence-electron chi connectivity index (χ2n) is 5.84. The highest BCUT2D eigenvalue weighted by molar-refractivity contribution is 4.83. The van der Waals surface area contributed by atoms with Crippen LogP contribution in [0, 0.1) is 11.8 Å². The summed E-state index contributed by atoms with van der Waals surface area (Å²) in [6.07, 6.45) is 5.54. The van der Waals surface area contributed by atoms with Crippen LogP contribution in [0.3, 0.4) is 0 Å². The third kappa shape index (κ3) is 4.84. The Hall–Kier alpha value is -0.0800. The first-order valence-corrected chi connectivity index (χ1v) is 7.05. The molecule has 1 aliphatic heterocycles. The van der Waals surface area contributed by atoms with Gasteiger partial charge in [-0.3, -0.25) is 0 Å². The van der Waals surface area contributed by atoms with Gasteiger partial charge in [0.1, 0.15) is 0 Å². The van der Waals surface area contributed by atoms with Crippen LogP contribution in [0.5, 0.6) is 0 Å². The van der Waals surface area contributed by atoms with Crippen molar-refractivity contribution in [2.24, 2.45) is 11.8 Å². The molecule has 1 heterocycles. The third-order valence-electron chi connectivity index (χ3n) is 3.61. The molecule has 0 radical (unpaired) electrons.